The van der Waals surface area contributed by atoms with E-state index in [4.69, 9.17) is 4.74 Å². The summed E-state index contributed by atoms with van der Waals surface area (Å²) in [6.07, 6.45) is 1.40. The molecule has 1 aromatic carbocycles. The van der Waals surface area contributed by atoms with E-state index in [9.17, 15) is 14.7 Å². The number of aliphatic hydroxyl groups is 1. The van der Waals surface area contributed by atoms with Crippen molar-refractivity contribution in [3.63, 3.8) is 0 Å². The number of hydrogen-bond donors (Lipinski definition) is 2. The quantitative estimate of drug-likeness (QED) is 0.859. The number of carbonyl (C=O) groups excluding carboxylic acids is 1. The number of carbonyl (C=O) groups is 1. The number of benzene rings is 1. The van der Waals surface area contributed by atoms with E-state index in [0.29, 0.717) is 25.1 Å². The van der Waals surface area contributed by atoms with E-state index in [-0.39, 0.29) is 23.9 Å². The van der Waals surface area contributed by atoms with E-state index >= 15 is 0 Å². The first-order valence-electron chi connectivity index (χ1n) is 8.42. The molecule has 25 heavy (non-hydrogen) atoms. The van der Waals surface area contributed by atoms with Gasteiger partial charge in [0.15, 0.2) is 0 Å². The lowest BCUT2D eigenvalue weighted by molar-refractivity contribution is -0.0591. The fourth-order valence-electron chi connectivity index (χ4n) is 3.87. The average molecular weight is 340 g/mol. The number of aromatic amines is 1. The highest BCUT2D eigenvalue weighted by Gasteiger charge is 2.53. The molecule has 1 amide bonds. The summed E-state index contributed by atoms with van der Waals surface area (Å²) in [5.74, 6) is -0.0424. The Kier molecular flexibility index (Phi) is 3.94. The maximum absolute atomic E-state index is 12.6. The van der Waals surface area contributed by atoms with Crippen LogP contribution in [0, 0.1) is 0 Å². The van der Waals surface area contributed by atoms with Gasteiger partial charge < -0.3 is 19.7 Å². The van der Waals surface area contributed by atoms with Gasteiger partial charge in [-0.2, -0.15) is 0 Å². The second-order valence-corrected chi connectivity index (χ2v) is 6.83. The molecule has 1 spiro atoms. The second-order valence-electron chi connectivity index (χ2n) is 6.83. The van der Waals surface area contributed by atoms with E-state index in [1.54, 1.807) is 11.0 Å². The van der Waals surface area contributed by atoms with Gasteiger partial charge in [0.25, 0.3) is 5.91 Å². The molecule has 2 fully saturated rings. The first-order valence-corrected chi connectivity index (χ1v) is 8.42. The number of nitrogens with zero attached hydrogens (tertiary/aromatic N) is 1. The molecule has 3 heterocycles. The van der Waals surface area contributed by atoms with Gasteiger partial charge in [-0.15, -0.1) is 0 Å². The van der Waals surface area contributed by atoms with Gasteiger partial charge in [-0.05, 0) is 18.1 Å². The zero-order chi connectivity index (χ0) is 17.4. The van der Waals surface area contributed by atoms with Gasteiger partial charge in [-0.3, -0.25) is 9.59 Å². The molecule has 0 radical (unpaired) electrons. The standard InChI is InChI=1S/C19H20N2O4/c22-16-10-21(18(24)14-6-7-20-17(23)8-14)12-19(16)9-15(11-25-19)13-4-2-1-3-5-13/h1-8,15-16,22H,9-12H2,(H,20,23)/t15-,16-,19-/m1/s1. The SMILES string of the molecule is O=C(c1cc[nH]c(=O)c1)N1C[C@@H](O)[C@@]2(C[C@@H](c3ccccc3)CO2)C1. The molecule has 0 saturated carbocycles. The molecule has 2 aromatic rings. The number of H-pyrrole nitrogens is 1. The Morgan fingerprint density at radius 3 is 2.84 bits per heavy atom. The minimum Gasteiger partial charge on any atom is -0.388 e. The monoisotopic (exact) mass is 340 g/mol. The van der Waals surface area contributed by atoms with Crippen molar-refractivity contribution in [1.82, 2.24) is 9.88 Å². The van der Waals surface area contributed by atoms with E-state index < -0.39 is 11.7 Å². The van der Waals surface area contributed by atoms with Gasteiger partial charge in [0, 0.05) is 30.3 Å². The largest absolute Gasteiger partial charge is 0.388 e. The maximum atomic E-state index is 12.6. The molecule has 2 aliphatic rings. The molecular weight excluding hydrogens is 320 g/mol. The van der Waals surface area contributed by atoms with Gasteiger partial charge in [0.05, 0.1) is 13.2 Å². The lowest BCUT2D eigenvalue weighted by Crippen LogP contribution is -2.41. The van der Waals surface area contributed by atoms with Gasteiger partial charge in [-0.1, -0.05) is 30.3 Å². The molecular formula is C19H20N2O4. The number of likely N-dealkylation sites (tertiary alicyclic amines) is 1. The predicted octanol–water partition coefficient (Wildman–Crippen LogP) is 1.13. The van der Waals surface area contributed by atoms with Crippen molar-refractivity contribution < 1.29 is 14.6 Å². The van der Waals surface area contributed by atoms with Crippen molar-refractivity contribution >= 4 is 5.91 Å². The molecule has 4 rings (SSSR count). The molecule has 2 saturated heterocycles. The summed E-state index contributed by atoms with van der Waals surface area (Å²) in [7, 11) is 0. The van der Waals surface area contributed by atoms with Gasteiger partial charge in [-0.25, -0.2) is 0 Å². The average Bonchev–Trinajstić information content (AvgIpc) is 3.20. The smallest absolute Gasteiger partial charge is 0.254 e. The summed E-state index contributed by atoms with van der Waals surface area (Å²) in [6, 6.07) is 12.9. The Labute approximate surface area is 145 Å². The van der Waals surface area contributed by atoms with Crippen molar-refractivity contribution in [2.75, 3.05) is 19.7 Å². The Morgan fingerprint density at radius 1 is 1.28 bits per heavy atom. The molecule has 0 aliphatic carbocycles. The third-order valence-corrected chi connectivity index (χ3v) is 5.20. The maximum Gasteiger partial charge on any atom is 0.254 e. The Hall–Kier alpha value is -2.44. The van der Waals surface area contributed by atoms with E-state index in [1.807, 2.05) is 18.2 Å². The first-order chi connectivity index (χ1) is 12.1. The van der Waals surface area contributed by atoms with Crippen LogP contribution in [0.2, 0.25) is 0 Å². The molecule has 0 unspecified atom stereocenters. The van der Waals surface area contributed by atoms with Crippen molar-refractivity contribution in [2.24, 2.45) is 0 Å². The van der Waals surface area contributed by atoms with E-state index in [0.717, 1.165) is 0 Å². The third kappa shape index (κ3) is 2.88. The molecule has 6 nitrogen and oxygen atoms in total. The van der Waals surface area contributed by atoms with Crippen LogP contribution in [0.5, 0.6) is 0 Å². The molecule has 6 heteroatoms. The predicted molar refractivity (Wildman–Crippen MR) is 91.5 cm³/mol. The fraction of sp³-hybridized carbons (Fsp3) is 0.368. The summed E-state index contributed by atoms with van der Waals surface area (Å²) >= 11 is 0. The van der Waals surface area contributed by atoms with Crippen LogP contribution in [-0.2, 0) is 4.74 Å². The van der Waals surface area contributed by atoms with Crippen molar-refractivity contribution in [1.29, 1.82) is 0 Å². The lowest BCUT2D eigenvalue weighted by Gasteiger charge is -2.26. The minimum absolute atomic E-state index is 0.213. The van der Waals surface area contributed by atoms with Gasteiger partial charge >= 0.3 is 0 Å². The number of ether oxygens (including phenoxy) is 1. The summed E-state index contributed by atoms with van der Waals surface area (Å²) in [5, 5.41) is 10.6. The molecule has 3 atom stereocenters. The summed E-state index contributed by atoms with van der Waals surface area (Å²) in [5.41, 5.74) is 0.468. The fourth-order valence-corrected chi connectivity index (χ4v) is 3.87. The van der Waals surface area contributed by atoms with E-state index in [2.05, 4.69) is 17.1 Å². The zero-order valence-electron chi connectivity index (χ0n) is 13.7. The van der Waals surface area contributed by atoms with Crippen LogP contribution in [0.4, 0.5) is 0 Å². The number of hydrogen-bond acceptors (Lipinski definition) is 4. The summed E-state index contributed by atoms with van der Waals surface area (Å²) in [4.78, 5) is 28.1. The summed E-state index contributed by atoms with van der Waals surface area (Å²) < 4.78 is 6.01. The van der Waals surface area contributed by atoms with Crippen molar-refractivity contribution in [2.45, 2.75) is 24.0 Å². The molecule has 2 aliphatic heterocycles. The van der Waals surface area contributed by atoms with Crippen LogP contribution in [0.25, 0.3) is 0 Å². The number of pyridine rings is 1. The number of aliphatic hydroxyl groups excluding tert-OH is 1. The van der Waals surface area contributed by atoms with Crippen LogP contribution in [0.1, 0.15) is 28.3 Å². The number of aromatic nitrogens is 1. The normalized spacial score (nSPS) is 28.6. The molecule has 130 valence electrons. The zero-order valence-corrected chi connectivity index (χ0v) is 13.7. The second kappa shape index (κ2) is 6.13. The van der Waals surface area contributed by atoms with E-state index in [1.165, 1.54) is 17.8 Å². The molecule has 2 N–H and O–H groups in total. The number of nitrogens with one attached hydrogen (secondary N) is 1. The number of β-amino-alcohol motifs (C(OH)–C–C–N with tert-alkyl or cyclic N) is 1. The lowest BCUT2D eigenvalue weighted by atomic mass is 9.87. The summed E-state index contributed by atoms with van der Waals surface area (Å²) in [6.45, 7) is 1.09. The van der Waals surface area contributed by atoms with Crippen LogP contribution in [0.3, 0.4) is 0 Å². The topological polar surface area (TPSA) is 82.6 Å². The van der Waals surface area contributed by atoms with Crippen LogP contribution >= 0.6 is 0 Å². The highest BCUT2D eigenvalue weighted by Crippen LogP contribution is 2.42. The van der Waals surface area contributed by atoms with Crippen molar-refractivity contribution in [3.8, 4) is 0 Å². The molecule has 0 bridgehead atoms. The van der Waals surface area contributed by atoms with Crippen LogP contribution in [0.15, 0.2) is 53.5 Å². The Bertz CT molecular complexity index is 835. The van der Waals surface area contributed by atoms with Crippen LogP contribution in [-0.4, -0.2) is 52.3 Å². The highest BCUT2D eigenvalue weighted by atomic mass is 16.5. The van der Waals surface area contributed by atoms with Crippen molar-refractivity contribution in [3.05, 3.63) is 70.1 Å². The number of rotatable bonds is 2. The first kappa shape index (κ1) is 16.1. The van der Waals surface area contributed by atoms with Crippen LogP contribution < -0.4 is 5.56 Å². The Balaban J connectivity index is 1.52. The Morgan fingerprint density at radius 2 is 2.08 bits per heavy atom. The van der Waals surface area contributed by atoms with Gasteiger partial charge in [0.1, 0.15) is 11.7 Å². The van der Waals surface area contributed by atoms with Gasteiger partial charge in [0.2, 0.25) is 5.56 Å². The highest BCUT2D eigenvalue weighted by molar-refractivity contribution is 5.94. The molecule has 1 aromatic heterocycles. The third-order valence-electron chi connectivity index (χ3n) is 5.20. The number of amides is 1. The minimum atomic E-state index is -0.729.